The summed E-state index contributed by atoms with van der Waals surface area (Å²) in [6, 6.07) is 5.29. The number of likely N-dealkylation sites (tertiary alicyclic amines) is 1. The number of halogens is 1. The minimum atomic E-state index is -0.222. The van der Waals surface area contributed by atoms with Crippen LogP contribution >= 0.6 is 0 Å². The van der Waals surface area contributed by atoms with E-state index in [2.05, 4.69) is 4.90 Å². The molecule has 116 valence electrons. The van der Waals surface area contributed by atoms with Crippen molar-refractivity contribution >= 4 is 5.97 Å². The quantitative estimate of drug-likeness (QED) is 0.846. The van der Waals surface area contributed by atoms with Crippen molar-refractivity contribution in [2.45, 2.75) is 44.8 Å². The fourth-order valence-corrected chi connectivity index (χ4v) is 2.84. The number of ether oxygens (including phenoxy) is 1. The van der Waals surface area contributed by atoms with Gasteiger partial charge in [-0.3, -0.25) is 9.69 Å². The molecule has 1 aliphatic rings. The highest BCUT2D eigenvalue weighted by atomic mass is 19.1. The number of benzene rings is 1. The van der Waals surface area contributed by atoms with E-state index in [9.17, 15) is 9.18 Å². The molecule has 1 aromatic rings. The molecule has 1 aliphatic heterocycles. The predicted molar refractivity (Wildman–Crippen MR) is 79.0 cm³/mol. The van der Waals surface area contributed by atoms with E-state index in [-0.39, 0.29) is 17.8 Å². The van der Waals surface area contributed by atoms with Gasteiger partial charge in [0.15, 0.2) is 0 Å². The second kappa shape index (κ2) is 7.52. The highest BCUT2D eigenvalue weighted by Crippen LogP contribution is 2.23. The Hall–Kier alpha value is -1.46. The molecule has 0 amide bonds. The Morgan fingerprint density at radius 1 is 1.48 bits per heavy atom. The molecule has 1 heterocycles. The van der Waals surface area contributed by atoms with E-state index in [0.29, 0.717) is 25.1 Å². The molecule has 1 aromatic carbocycles. The molecule has 1 atom stereocenters. The molecule has 21 heavy (non-hydrogen) atoms. The number of carbonyl (C=O) groups excluding carboxylic acids is 1. The molecular weight excluding hydrogens is 271 g/mol. The van der Waals surface area contributed by atoms with E-state index in [0.717, 1.165) is 31.4 Å². The minimum Gasteiger partial charge on any atom is -0.469 e. The summed E-state index contributed by atoms with van der Waals surface area (Å²) in [6.07, 6.45) is 3.52. The first-order chi connectivity index (χ1) is 10.1. The summed E-state index contributed by atoms with van der Waals surface area (Å²) < 4.78 is 18.8. The highest BCUT2D eigenvalue weighted by Gasteiger charge is 2.25. The van der Waals surface area contributed by atoms with Crippen LogP contribution in [0.3, 0.4) is 0 Å². The lowest BCUT2D eigenvalue weighted by Crippen LogP contribution is -2.40. The van der Waals surface area contributed by atoms with Gasteiger partial charge in [-0.15, -0.1) is 0 Å². The summed E-state index contributed by atoms with van der Waals surface area (Å²) in [7, 11) is 1.40. The van der Waals surface area contributed by atoms with Crippen LogP contribution in [0.1, 0.15) is 36.8 Å². The van der Waals surface area contributed by atoms with Crippen molar-refractivity contribution in [1.29, 1.82) is 0 Å². The van der Waals surface area contributed by atoms with Gasteiger partial charge in [-0.05, 0) is 31.0 Å². The molecule has 0 spiro atoms. The van der Waals surface area contributed by atoms with Crippen molar-refractivity contribution in [3.63, 3.8) is 0 Å². The number of esters is 1. The van der Waals surface area contributed by atoms with E-state index in [1.165, 1.54) is 13.2 Å². The number of methoxy groups -OCH3 is 1. The van der Waals surface area contributed by atoms with Gasteiger partial charge < -0.3 is 10.5 Å². The average Bonchev–Trinajstić information content (AvgIpc) is 2.50. The molecule has 2 rings (SSSR count). The minimum absolute atomic E-state index is 0.139. The van der Waals surface area contributed by atoms with Crippen LogP contribution in [-0.4, -0.2) is 30.6 Å². The molecule has 5 heteroatoms. The first-order valence-electron chi connectivity index (χ1n) is 7.42. The van der Waals surface area contributed by atoms with Crippen LogP contribution in [0, 0.1) is 5.82 Å². The molecule has 0 bridgehead atoms. The Labute approximate surface area is 125 Å². The van der Waals surface area contributed by atoms with Gasteiger partial charge >= 0.3 is 5.97 Å². The molecule has 4 nitrogen and oxygen atoms in total. The summed E-state index contributed by atoms with van der Waals surface area (Å²) in [6.45, 7) is 1.75. The third kappa shape index (κ3) is 4.25. The van der Waals surface area contributed by atoms with Crippen LogP contribution in [0.2, 0.25) is 0 Å². The van der Waals surface area contributed by atoms with Gasteiger partial charge in [0.2, 0.25) is 0 Å². The van der Waals surface area contributed by atoms with Crippen LogP contribution in [0.4, 0.5) is 4.39 Å². The van der Waals surface area contributed by atoms with Crippen molar-refractivity contribution < 1.29 is 13.9 Å². The molecule has 2 N–H and O–H groups in total. The van der Waals surface area contributed by atoms with Gasteiger partial charge in [-0.2, -0.15) is 0 Å². The standard InChI is InChI=1S/C16H23FN2O2/c1-21-16(20)9-14-4-2-3-7-19(14)11-13-6-5-12(10-18)8-15(13)17/h5-6,8,14H,2-4,7,9-11,18H2,1H3. The van der Waals surface area contributed by atoms with E-state index < -0.39 is 0 Å². The normalized spacial score (nSPS) is 19.5. The lowest BCUT2D eigenvalue weighted by molar-refractivity contribution is -0.142. The maximum atomic E-state index is 14.1. The van der Waals surface area contributed by atoms with Crippen LogP contribution in [0.5, 0.6) is 0 Å². The number of hydrogen-bond donors (Lipinski definition) is 1. The summed E-state index contributed by atoms with van der Waals surface area (Å²) in [5, 5.41) is 0. The van der Waals surface area contributed by atoms with E-state index in [4.69, 9.17) is 10.5 Å². The maximum Gasteiger partial charge on any atom is 0.307 e. The van der Waals surface area contributed by atoms with Crippen LogP contribution in [-0.2, 0) is 22.6 Å². The zero-order chi connectivity index (χ0) is 15.2. The van der Waals surface area contributed by atoms with Crippen molar-refractivity contribution in [2.24, 2.45) is 5.73 Å². The van der Waals surface area contributed by atoms with Crippen molar-refractivity contribution in [3.8, 4) is 0 Å². The Bertz CT molecular complexity index is 493. The SMILES string of the molecule is COC(=O)CC1CCCCN1Cc1ccc(CN)cc1F. The average molecular weight is 294 g/mol. The van der Waals surface area contributed by atoms with Crippen molar-refractivity contribution in [2.75, 3.05) is 13.7 Å². The van der Waals surface area contributed by atoms with E-state index >= 15 is 0 Å². The number of hydrogen-bond acceptors (Lipinski definition) is 4. The summed E-state index contributed by atoms with van der Waals surface area (Å²) in [4.78, 5) is 13.7. The topological polar surface area (TPSA) is 55.6 Å². The Balaban J connectivity index is 2.06. The van der Waals surface area contributed by atoms with Gasteiger partial charge in [0.05, 0.1) is 13.5 Å². The smallest absolute Gasteiger partial charge is 0.307 e. The molecule has 0 radical (unpaired) electrons. The van der Waals surface area contributed by atoms with Gasteiger partial charge in [0.1, 0.15) is 5.82 Å². The number of rotatable bonds is 5. The number of piperidine rings is 1. The third-order valence-electron chi connectivity index (χ3n) is 4.11. The van der Waals surface area contributed by atoms with Gasteiger partial charge in [-0.1, -0.05) is 18.6 Å². The Kier molecular flexibility index (Phi) is 5.70. The first kappa shape index (κ1) is 15.9. The fourth-order valence-electron chi connectivity index (χ4n) is 2.84. The fraction of sp³-hybridized carbons (Fsp3) is 0.562. The summed E-state index contributed by atoms with van der Waals surface area (Å²) >= 11 is 0. The third-order valence-corrected chi connectivity index (χ3v) is 4.11. The monoisotopic (exact) mass is 294 g/mol. The zero-order valence-corrected chi connectivity index (χ0v) is 12.5. The van der Waals surface area contributed by atoms with Crippen molar-refractivity contribution in [1.82, 2.24) is 4.90 Å². The molecule has 1 fully saturated rings. The summed E-state index contributed by atoms with van der Waals surface area (Å²) in [5.41, 5.74) is 6.97. The van der Waals surface area contributed by atoms with Crippen LogP contribution in [0.15, 0.2) is 18.2 Å². The molecule has 0 saturated carbocycles. The van der Waals surface area contributed by atoms with Gasteiger partial charge in [0, 0.05) is 24.7 Å². The molecule has 0 aliphatic carbocycles. The molecule has 1 saturated heterocycles. The van der Waals surface area contributed by atoms with Crippen molar-refractivity contribution in [3.05, 3.63) is 35.1 Å². The molecule has 0 aromatic heterocycles. The lowest BCUT2D eigenvalue weighted by Gasteiger charge is -2.35. The van der Waals surface area contributed by atoms with Gasteiger partial charge in [0.25, 0.3) is 0 Å². The Morgan fingerprint density at radius 2 is 2.29 bits per heavy atom. The lowest BCUT2D eigenvalue weighted by atomic mass is 9.98. The van der Waals surface area contributed by atoms with Crippen LogP contribution < -0.4 is 5.73 Å². The largest absolute Gasteiger partial charge is 0.469 e. The van der Waals surface area contributed by atoms with E-state index in [1.54, 1.807) is 6.07 Å². The molecular formula is C16H23FN2O2. The Morgan fingerprint density at radius 3 is 2.95 bits per heavy atom. The number of carbonyl (C=O) groups is 1. The maximum absolute atomic E-state index is 14.1. The van der Waals surface area contributed by atoms with Crippen LogP contribution in [0.25, 0.3) is 0 Å². The second-order valence-corrected chi connectivity index (χ2v) is 5.53. The number of nitrogens with zero attached hydrogens (tertiary/aromatic N) is 1. The predicted octanol–water partition coefficient (Wildman–Crippen LogP) is 2.20. The summed E-state index contributed by atoms with van der Waals surface area (Å²) in [5.74, 6) is -0.425. The second-order valence-electron chi connectivity index (χ2n) is 5.53. The van der Waals surface area contributed by atoms with E-state index in [1.807, 2.05) is 6.07 Å². The highest BCUT2D eigenvalue weighted by molar-refractivity contribution is 5.69. The number of nitrogens with two attached hydrogens (primary N) is 1. The molecule has 1 unspecified atom stereocenters. The first-order valence-corrected chi connectivity index (χ1v) is 7.42. The zero-order valence-electron chi connectivity index (χ0n) is 12.5. The van der Waals surface area contributed by atoms with Gasteiger partial charge in [-0.25, -0.2) is 4.39 Å².